The highest BCUT2D eigenvalue weighted by molar-refractivity contribution is 6.01. The number of carbonyl (C=O) groups is 2. The highest BCUT2D eigenvalue weighted by Gasteiger charge is 2.24. The van der Waals surface area contributed by atoms with Gasteiger partial charge in [-0.3, -0.25) is 9.59 Å². The van der Waals surface area contributed by atoms with Crippen LogP contribution in [0.1, 0.15) is 10.4 Å². The molecular formula is C21H19N3O5. The first-order valence-corrected chi connectivity index (χ1v) is 9.05. The lowest BCUT2D eigenvalue weighted by atomic mass is 10.1. The van der Waals surface area contributed by atoms with Gasteiger partial charge in [-0.2, -0.15) is 5.10 Å². The molecule has 1 N–H and O–H groups in total. The van der Waals surface area contributed by atoms with Gasteiger partial charge in [0, 0.05) is 18.8 Å². The molecular weight excluding hydrogens is 374 g/mol. The molecule has 0 saturated heterocycles. The van der Waals surface area contributed by atoms with Crippen molar-refractivity contribution in [1.82, 2.24) is 14.7 Å². The number of ether oxygens (including phenoxy) is 2. The number of benzene rings is 2. The molecule has 2 aromatic carbocycles. The topological polar surface area (TPSA) is 93.9 Å². The number of carboxylic acids is 1. The first kappa shape index (κ1) is 18.5. The minimum atomic E-state index is -1.09. The molecule has 1 amide bonds. The number of carbonyl (C=O) groups excluding carboxylic acids is 1. The van der Waals surface area contributed by atoms with Crippen LogP contribution >= 0.6 is 0 Å². The fourth-order valence-corrected chi connectivity index (χ4v) is 3.13. The van der Waals surface area contributed by atoms with Gasteiger partial charge in [-0.1, -0.05) is 18.2 Å². The maximum absolute atomic E-state index is 13.0. The molecule has 0 unspecified atom stereocenters. The van der Waals surface area contributed by atoms with Crippen molar-refractivity contribution in [2.24, 2.45) is 0 Å². The Bertz CT molecular complexity index is 1060. The van der Waals surface area contributed by atoms with Crippen LogP contribution in [0, 0.1) is 0 Å². The van der Waals surface area contributed by atoms with E-state index in [4.69, 9.17) is 14.6 Å². The Hall–Kier alpha value is -3.81. The molecule has 0 spiro atoms. The number of likely N-dealkylation sites (N-methyl/N-ethyl adjacent to an activating group) is 1. The van der Waals surface area contributed by atoms with Gasteiger partial charge in [-0.25, -0.2) is 4.68 Å². The van der Waals surface area contributed by atoms with E-state index >= 15 is 0 Å². The number of carboxylic acid groups (broad SMARTS) is 1. The maximum Gasteiger partial charge on any atom is 0.323 e. The van der Waals surface area contributed by atoms with Crippen LogP contribution in [0.3, 0.4) is 0 Å². The van der Waals surface area contributed by atoms with Crippen molar-refractivity contribution in [3.05, 3.63) is 60.3 Å². The van der Waals surface area contributed by atoms with Crippen molar-refractivity contribution in [2.45, 2.75) is 0 Å². The zero-order chi connectivity index (χ0) is 20.4. The van der Waals surface area contributed by atoms with Crippen molar-refractivity contribution in [1.29, 1.82) is 0 Å². The number of nitrogens with zero attached hydrogens (tertiary/aromatic N) is 3. The van der Waals surface area contributed by atoms with E-state index in [2.05, 4.69) is 5.10 Å². The van der Waals surface area contributed by atoms with Gasteiger partial charge in [0.25, 0.3) is 5.91 Å². The van der Waals surface area contributed by atoms with E-state index in [1.807, 2.05) is 30.3 Å². The first-order chi connectivity index (χ1) is 14.0. The lowest BCUT2D eigenvalue weighted by Gasteiger charge is -2.19. The average Bonchev–Trinajstić information content (AvgIpc) is 3.18. The predicted octanol–water partition coefficient (Wildman–Crippen LogP) is 2.47. The number of hydrogen-bond acceptors (Lipinski definition) is 5. The largest absolute Gasteiger partial charge is 0.486 e. The Labute approximate surface area is 166 Å². The Morgan fingerprint density at radius 1 is 1.10 bits per heavy atom. The second kappa shape index (κ2) is 7.67. The van der Waals surface area contributed by atoms with E-state index in [0.717, 1.165) is 10.6 Å². The quantitative estimate of drug-likeness (QED) is 0.716. The summed E-state index contributed by atoms with van der Waals surface area (Å²) in [7, 11) is 1.45. The standard InChI is InChI=1S/C21H19N3O5/c1-23(13-19(25)26)21(27)16-12-24(15-5-3-2-4-6-15)22-20(16)14-7-8-17-18(11-14)29-10-9-28-17/h2-8,11-12H,9-10,13H2,1H3,(H,25,26). The van der Waals surface area contributed by atoms with Gasteiger partial charge in [0.15, 0.2) is 11.5 Å². The lowest BCUT2D eigenvalue weighted by Crippen LogP contribution is -2.32. The second-order valence-corrected chi connectivity index (χ2v) is 6.58. The summed E-state index contributed by atoms with van der Waals surface area (Å²) in [6.07, 6.45) is 1.61. The Balaban J connectivity index is 1.80. The van der Waals surface area contributed by atoms with Crippen LogP contribution in [0.25, 0.3) is 16.9 Å². The number of para-hydroxylation sites is 1. The zero-order valence-corrected chi connectivity index (χ0v) is 15.7. The van der Waals surface area contributed by atoms with Gasteiger partial charge in [0.2, 0.25) is 0 Å². The molecule has 4 rings (SSSR count). The van der Waals surface area contributed by atoms with E-state index in [-0.39, 0.29) is 0 Å². The Morgan fingerprint density at radius 2 is 1.83 bits per heavy atom. The summed E-state index contributed by atoms with van der Waals surface area (Å²) < 4.78 is 12.8. The normalized spacial score (nSPS) is 12.4. The average molecular weight is 393 g/mol. The molecule has 29 heavy (non-hydrogen) atoms. The molecule has 1 aromatic heterocycles. The molecule has 3 aromatic rings. The molecule has 8 nitrogen and oxygen atoms in total. The van der Waals surface area contributed by atoms with Crippen LogP contribution in [0.15, 0.2) is 54.7 Å². The summed E-state index contributed by atoms with van der Waals surface area (Å²) in [6, 6.07) is 14.7. The van der Waals surface area contributed by atoms with Gasteiger partial charge in [-0.15, -0.1) is 0 Å². The number of aromatic nitrogens is 2. The maximum atomic E-state index is 13.0. The third-order valence-electron chi connectivity index (χ3n) is 4.50. The van der Waals surface area contributed by atoms with Gasteiger partial charge in [0.05, 0.1) is 11.3 Å². The highest BCUT2D eigenvalue weighted by atomic mass is 16.6. The van der Waals surface area contributed by atoms with Gasteiger partial charge in [-0.05, 0) is 30.3 Å². The summed E-state index contributed by atoms with van der Waals surface area (Å²) in [4.78, 5) is 25.2. The minimum absolute atomic E-state index is 0.300. The van der Waals surface area contributed by atoms with Crippen LogP contribution in [0.2, 0.25) is 0 Å². The Morgan fingerprint density at radius 3 is 2.55 bits per heavy atom. The number of aliphatic carboxylic acids is 1. The predicted molar refractivity (Wildman–Crippen MR) is 105 cm³/mol. The summed E-state index contributed by atoms with van der Waals surface area (Å²) >= 11 is 0. The first-order valence-electron chi connectivity index (χ1n) is 9.05. The molecule has 1 aliphatic heterocycles. The summed E-state index contributed by atoms with van der Waals surface area (Å²) in [6.45, 7) is 0.524. The highest BCUT2D eigenvalue weighted by Crippen LogP contribution is 2.35. The van der Waals surface area contributed by atoms with Gasteiger partial charge < -0.3 is 19.5 Å². The molecule has 0 bridgehead atoms. The van der Waals surface area contributed by atoms with Crippen molar-refractivity contribution in [2.75, 3.05) is 26.8 Å². The van der Waals surface area contributed by atoms with Crippen LogP contribution < -0.4 is 9.47 Å². The number of fused-ring (bicyclic) bond motifs is 1. The van der Waals surface area contributed by atoms with E-state index in [1.165, 1.54) is 7.05 Å². The minimum Gasteiger partial charge on any atom is -0.486 e. The van der Waals surface area contributed by atoms with E-state index < -0.39 is 18.4 Å². The Kier molecular flexibility index (Phi) is 4.90. The third kappa shape index (κ3) is 3.77. The summed E-state index contributed by atoms with van der Waals surface area (Å²) in [5.41, 5.74) is 2.20. The van der Waals surface area contributed by atoms with Crippen molar-refractivity contribution in [3.8, 4) is 28.4 Å². The second-order valence-electron chi connectivity index (χ2n) is 6.58. The molecule has 0 fully saturated rings. The molecule has 148 valence electrons. The molecule has 0 aliphatic carbocycles. The summed E-state index contributed by atoms with van der Waals surface area (Å²) in [5.74, 6) is -0.296. The number of amides is 1. The number of rotatable bonds is 5. The monoisotopic (exact) mass is 393 g/mol. The molecule has 2 heterocycles. The van der Waals surface area contributed by atoms with Crippen LogP contribution in [-0.2, 0) is 4.79 Å². The molecule has 8 heteroatoms. The molecule has 0 atom stereocenters. The van der Waals surface area contributed by atoms with E-state index in [1.54, 1.807) is 29.1 Å². The van der Waals surface area contributed by atoms with E-state index in [0.29, 0.717) is 41.5 Å². The van der Waals surface area contributed by atoms with Crippen molar-refractivity contribution >= 4 is 11.9 Å². The fourth-order valence-electron chi connectivity index (χ4n) is 3.13. The zero-order valence-electron chi connectivity index (χ0n) is 15.7. The van der Waals surface area contributed by atoms with Crippen molar-refractivity contribution in [3.63, 3.8) is 0 Å². The van der Waals surface area contributed by atoms with Crippen LogP contribution in [-0.4, -0.2) is 58.5 Å². The van der Waals surface area contributed by atoms with Gasteiger partial charge in [0.1, 0.15) is 25.5 Å². The van der Waals surface area contributed by atoms with Gasteiger partial charge >= 0.3 is 5.97 Å². The van der Waals surface area contributed by atoms with Crippen LogP contribution in [0.5, 0.6) is 11.5 Å². The third-order valence-corrected chi connectivity index (χ3v) is 4.50. The fraction of sp³-hybridized carbons (Fsp3) is 0.190. The summed E-state index contributed by atoms with van der Waals surface area (Å²) in [5, 5.41) is 13.6. The lowest BCUT2D eigenvalue weighted by molar-refractivity contribution is -0.137. The SMILES string of the molecule is CN(CC(=O)O)C(=O)c1cn(-c2ccccc2)nc1-c1ccc2c(c1)OCCO2. The number of hydrogen-bond donors (Lipinski definition) is 1. The van der Waals surface area contributed by atoms with Crippen LogP contribution in [0.4, 0.5) is 0 Å². The molecule has 1 aliphatic rings. The van der Waals surface area contributed by atoms with Crippen molar-refractivity contribution < 1.29 is 24.2 Å². The molecule has 0 radical (unpaired) electrons. The van der Waals surface area contributed by atoms with E-state index in [9.17, 15) is 9.59 Å². The molecule has 0 saturated carbocycles. The smallest absolute Gasteiger partial charge is 0.323 e.